The third kappa shape index (κ3) is 2.84. The predicted molar refractivity (Wildman–Crippen MR) is 103 cm³/mol. The standard InChI is InChI=1S/C18H19ClN6O/c1-20-18(26)24(2)11-9-25(10-11)16-7-12(13(19)8-21-16)17-22-14-5-3-4-6-15(14)23-17/h3-8,11H,9-10H2,1-2H3,(H,20,26)(H,22,23). The number of anilines is 1. The van der Waals surface area contributed by atoms with Crippen LogP contribution in [0.1, 0.15) is 0 Å². The van der Waals surface area contributed by atoms with Crippen molar-refractivity contribution in [2.75, 3.05) is 32.1 Å². The topological polar surface area (TPSA) is 77.2 Å². The minimum absolute atomic E-state index is 0.0818. The van der Waals surface area contributed by atoms with Crippen LogP contribution in [0.3, 0.4) is 0 Å². The van der Waals surface area contributed by atoms with E-state index in [9.17, 15) is 4.79 Å². The molecule has 1 aromatic carbocycles. The number of halogens is 1. The second-order valence-electron chi connectivity index (χ2n) is 6.35. The number of carbonyl (C=O) groups is 1. The molecular weight excluding hydrogens is 352 g/mol. The fraction of sp³-hybridized carbons (Fsp3) is 0.278. The minimum Gasteiger partial charge on any atom is -0.352 e. The SMILES string of the molecule is CNC(=O)N(C)C1CN(c2cc(-c3nc4ccccc4[nH]3)c(Cl)cn2)C1. The maximum Gasteiger partial charge on any atom is 0.317 e. The molecule has 0 radical (unpaired) electrons. The fourth-order valence-electron chi connectivity index (χ4n) is 3.09. The molecule has 3 heterocycles. The second-order valence-corrected chi connectivity index (χ2v) is 6.76. The maximum absolute atomic E-state index is 11.7. The normalized spacial score (nSPS) is 14.3. The lowest BCUT2D eigenvalue weighted by Gasteiger charge is -2.44. The highest BCUT2D eigenvalue weighted by atomic mass is 35.5. The molecule has 0 unspecified atom stereocenters. The third-order valence-electron chi connectivity index (χ3n) is 4.75. The fourth-order valence-corrected chi connectivity index (χ4v) is 3.28. The molecule has 4 rings (SSSR count). The Morgan fingerprint density at radius 3 is 2.88 bits per heavy atom. The number of hydrogen-bond acceptors (Lipinski definition) is 4. The zero-order chi connectivity index (χ0) is 18.3. The van der Waals surface area contributed by atoms with Crippen molar-refractivity contribution in [2.45, 2.75) is 6.04 Å². The summed E-state index contributed by atoms with van der Waals surface area (Å²) < 4.78 is 0. The number of nitrogens with one attached hydrogen (secondary N) is 2. The van der Waals surface area contributed by atoms with Crippen LogP contribution in [0, 0.1) is 0 Å². The number of hydrogen-bond donors (Lipinski definition) is 2. The number of benzene rings is 1. The van der Waals surface area contributed by atoms with Crippen LogP contribution < -0.4 is 10.2 Å². The number of aromatic nitrogens is 3. The van der Waals surface area contributed by atoms with Gasteiger partial charge in [0.15, 0.2) is 0 Å². The van der Waals surface area contributed by atoms with Gasteiger partial charge < -0.3 is 20.1 Å². The van der Waals surface area contributed by atoms with Gasteiger partial charge in [0.05, 0.1) is 22.1 Å². The lowest BCUT2D eigenvalue weighted by atomic mass is 10.1. The van der Waals surface area contributed by atoms with Crippen molar-refractivity contribution < 1.29 is 4.79 Å². The molecule has 1 saturated heterocycles. The van der Waals surface area contributed by atoms with Gasteiger partial charge in [0.1, 0.15) is 11.6 Å². The number of fused-ring (bicyclic) bond motifs is 1. The van der Waals surface area contributed by atoms with Crippen LogP contribution in [0.15, 0.2) is 36.5 Å². The largest absolute Gasteiger partial charge is 0.352 e. The van der Waals surface area contributed by atoms with Gasteiger partial charge in [0.25, 0.3) is 0 Å². The number of imidazole rings is 1. The Bertz CT molecular complexity index is 932. The summed E-state index contributed by atoms with van der Waals surface area (Å²) in [6.45, 7) is 1.47. The van der Waals surface area contributed by atoms with E-state index in [1.807, 2.05) is 30.3 Å². The number of H-pyrrole nitrogens is 1. The van der Waals surface area contributed by atoms with Crippen molar-refractivity contribution in [1.29, 1.82) is 0 Å². The highest BCUT2D eigenvalue weighted by molar-refractivity contribution is 6.33. The number of urea groups is 1. The van der Waals surface area contributed by atoms with Crippen LogP contribution in [-0.2, 0) is 0 Å². The number of para-hydroxylation sites is 2. The Balaban J connectivity index is 1.57. The van der Waals surface area contributed by atoms with E-state index < -0.39 is 0 Å². The average Bonchev–Trinajstić information content (AvgIpc) is 3.04. The molecule has 0 saturated carbocycles. The summed E-state index contributed by atoms with van der Waals surface area (Å²) in [5, 5.41) is 3.19. The lowest BCUT2D eigenvalue weighted by Crippen LogP contribution is -2.61. The van der Waals surface area contributed by atoms with Gasteiger partial charge >= 0.3 is 6.03 Å². The molecule has 0 aliphatic carbocycles. The molecule has 1 fully saturated rings. The second kappa shape index (κ2) is 6.49. The number of pyridine rings is 1. The minimum atomic E-state index is -0.0818. The Kier molecular flexibility index (Phi) is 4.16. The third-order valence-corrected chi connectivity index (χ3v) is 5.05. The van der Waals surface area contributed by atoms with Gasteiger partial charge in [-0.1, -0.05) is 23.7 Å². The van der Waals surface area contributed by atoms with Crippen LogP contribution >= 0.6 is 11.6 Å². The first-order valence-electron chi connectivity index (χ1n) is 8.37. The number of rotatable bonds is 3. The summed E-state index contributed by atoms with van der Waals surface area (Å²) in [7, 11) is 3.44. The van der Waals surface area contributed by atoms with Crippen molar-refractivity contribution in [2.24, 2.45) is 0 Å². The molecular formula is C18H19ClN6O. The van der Waals surface area contributed by atoms with Crippen LogP contribution in [-0.4, -0.2) is 59.1 Å². The highest BCUT2D eigenvalue weighted by Crippen LogP contribution is 2.31. The van der Waals surface area contributed by atoms with Crippen LogP contribution in [0.2, 0.25) is 5.02 Å². The van der Waals surface area contributed by atoms with Crippen molar-refractivity contribution in [1.82, 2.24) is 25.2 Å². The van der Waals surface area contributed by atoms with Crippen molar-refractivity contribution in [3.63, 3.8) is 0 Å². The molecule has 8 heteroatoms. The average molecular weight is 371 g/mol. The molecule has 0 bridgehead atoms. The number of aromatic amines is 1. The summed E-state index contributed by atoms with van der Waals surface area (Å²) in [5.74, 6) is 1.55. The first-order chi connectivity index (χ1) is 12.6. The van der Waals surface area contributed by atoms with Crippen molar-refractivity contribution in [3.05, 3.63) is 41.6 Å². The van der Waals surface area contributed by atoms with E-state index >= 15 is 0 Å². The van der Waals surface area contributed by atoms with E-state index in [0.29, 0.717) is 5.02 Å². The Morgan fingerprint density at radius 1 is 1.38 bits per heavy atom. The van der Waals surface area contributed by atoms with Gasteiger partial charge in [-0.2, -0.15) is 0 Å². The van der Waals surface area contributed by atoms with E-state index in [-0.39, 0.29) is 12.1 Å². The van der Waals surface area contributed by atoms with Crippen LogP contribution in [0.25, 0.3) is 22.4 Å². The Morgan fingerprint density at radius 2 is 2.15 bits per heavy atom. The van der Waals surface area contributed by atoms with Crippen LogP contribution in [0.4, 0.5) is 10.6 Å². The van der Waals surface area contributed by atoms with E-state index in [4.69, 9.17) is 11.6 Å². The molecule has 0 spiro atoms. The summed E-state index contributed by atoms with van der Waals surface area (Å²) in [6, 6.07) is 9.89. The number of likely N-dealkylation sites (N-methyl/N-ethyl adjacent to an activating group) is 1. The van der Waals surface area contributed by atoms with Gasteiger partial charge in [0, 0.05) is 38.9 Å². The summed E-state index contributed by atoms with van der Waals surface area (Å²) >= 11 is 6.36. The van der Waals surface area contributed by atoms with Gasteiger partial charge in [-0.15, -0.1) is 0 Å². The summed E-state index contributed by atoms with van der Waals surface area (Å²) in [4.78, 5) is 27.9. The molecule has 2 N–H and O–H groups in total. The van der Waals surface area contributed by atoms with Gasteiger partial charge in [0.2, 0.25) is 0 Å². The number of amides is 2. The van der Waals surface area contributed by atoms with Gasteiger partial charge in [-0.3, -0.25) is 0 Å². The monoisotopic (exact) mass is 370 g/mol. The smallest absolute Gasteiger partial charge is 0.317 e. The first-order valence-corrected chi connectivity index (χ1v) is 8.75. The predicted octanol–water partition coefficient (Wildman–Crippen LogP) is 2.74. The Hall–Kier alpha value is -2.80. The molecule has 2 aromatic heterocycles. The molecule has 0 atom stereocenters. The van der Waals surface area contributed by atoms with E-state index in [1.165, 1.54) is 0 Å². The number of carbonyl (C=O) groups excluding carboxylic acids is 1. The molecule has 26 heavy (non-hydrogen) atoms. The van der Waals surface area contributed by atoms with Gasteiger partial charge in [-0.25, -0.2) is 14.8 Å². The van der Waals surface area contributed by atoms with Crippen LogP contribution in [0.5, 0.6) is 0 Å². The quantitative estimate of drug-likeness (QED) is 0.743. The first kappa shape index (κ1) is 16.7. The number of nitrogens with zero attached hydrogens (tertiary/aromatic N) is 4. The zero-order valence-electron chi connectivity index (χ0n) is 14.5. The maximum atomic E-state index is 11.7. The Labute approximate surface area is 156 Å². The molecule has 3 aromatic rings. The van der Waals surface area contributed by atoms with E-state index in [0.717, 1.165) is 41.3 Å². The van der Waals surface area contributed by atoms with Crippen molar-refractivity contribution >= 4 is 34.5 Å². The molecule has 7 nitrogen and oxygen atoms in total. The lowest BCUT2D eigenvalue weighted by molar-refractivity contribution is 0.180. The molecule has 1 aliphatic rings. The summed E-state index contributed by atoms with van der Waals surface area (Å²) in [5.41, 5.74) is 2.68. The summed E-state index contributed by atoms with van der Waals surface area (Å²) in [6.07, 6.45) is 1.65. The molecule has 134 valence electrons. The van der Waals surface area contributed by atoms with Crippen molar-refractivity contribution in [3.8, 4) is 11.4 Å². The van der Waals surface area contributed by atoms with E-state index in [1.54, 1.807) is 25.2 Å². The molecule has 2 amide bonds. The zero-order valence-corrected chi connectivity index (χ0v) is 15.3. The molecule has 1 aliphatic heterocycles. The highest BCUT2D eigenvalue weighted by Gasteiger charge is 2.33. The van der Waals surface area contributed by atoms with Gasteiger partial charge in [-0.05, 0) is 18.2 Å². The van der Waals surface area contributed by atoms with E-state index in [2.05, 4.69) is 25.2 Å².